The third kappa shape index (κ3) is 4.42. The van der Waals surface area contributed by atoms with Crippen molar-refractivity contribution in [2.75, 3.05) is 6.61 Å². The Morgan fingerprint density at radius 2 is 1.68 bits per heavy atom. The van der Waals surface area contributed by atoms with Crippen LogP contribution >= 0.6 is 0 Å². The van der Waals surface area contributed by atoms with E-state index in [0.717, 1.165) is 25.7 Å². The number of ether oxygens (including phenoxy) is 1. The fraction of sp³-hybridized carbons (Fsp3) is 0.850. The average molecular weight is 351 g/mol. The first kappa shape index (κ1) is 19.9. The summed E-state index contributed by atoms with van der Waals surface area (Å²) in [6.07, 6.45) is 5.01. The number of likely N-dealkylation sites (tertiary alicyclic amines) is 1. The first-order chi connectivity index (χ1) is 11.4. The van der Waals surface area contributed by atoms with Crippen LogP contribution in [0.5, 0.6) is 0 Å². The lowest BCUT2D eigenvalue weighted by Gasteiger charge is -2.48. The molecule has 0 radical (unpaired) electrons. The van der Waals surface area contributed by atoms with Gasteiger partial charge in [0.25, 0.3) is 5.91 Å². The van der Waals surface area contributed by atoms with E-state index in [0.29, 0.717) is 12.8 Å². The molecule has 1 heterocycles. The van der Waals surface area contributed by atoms with Gasteiger partial charge in [-0.1, -0.05) is 54.4 Å². The Labute approximate surface area is 151 Å². The Kier molecular flexibility index (Phi) is 5.36. The van der Waals surface area contributed by atoms with E-state index in [1.54, 1.807) is 0 Å². The van der Waals surface area contributed by atoms with Crippen molar-refractivity contribution in [2.24, 2.45) is 16.7 Å². The topological polar surface area (TPSA) is 63.7 Å². The van der Waals surface area contributed by atoms with Crippen LogP contribution in [0.3, 0.4) is 0 Å². The molecule has 25 heavy (non-hydrogen) atoms. The predicted molar refractivity (Wildman–Crippen MR) is 95.6 cm³/mol. The zero-order valence-electron chi connectivity index (χ0n) is 16.6. The standard InChI is InChI=1S/C20H33NO4/c1-18(2,3)11-14(19(4,5)6)17(24)25-13-16(23)21-15(22)12-20(21)9-7-8-10-20/h14H,7-13H2,1-6H3. The van der Waals surface area contributed by atoms with Crippen LogP contribution in [0.1, 0.15) is 80.1 Å². The second-order valence-corrected chi connectivity index (χ2v) is 10.0. The van der Waals surface area contributed by atoms with Gasteiger partial charge in [0.15, 0.2) is 6.61 Å². The summed E-state index contributed by atoms with van der Waals surface area (Å²) in [6, 6.07) is 0. The minimum atomic E-state index is -0.366. The fourth-order valence-corrected chi connectivity index (χ4v) is 4.10. The van der Waals surface area contributed by atoms with Crippen molar-refractivity contribution in [3.63, 3.8) is 0 Å². The SMILES string of the molecule is CC(C)(C)CC(C(=O)OCC(=O)N1C(=O)CC12CCCC2)C(C)(C)C. The lowest BCUT2D eigenvalue weighted by Crippen LogP contribution is -2.65. The average Bonchev–Trinajstić information content (AvgIpc) is 2.90. The Bertz CT molecular complexity index is 547. The quantitative estimate of drug-likeness (QED) is 0.572. The number of hydrogen-bond donors (Lipinski definition) is 0. The zero-order valence-corrected chi connectivity index (χ0v) is 16.6. The highest BCUT2D eigenvalue weighted by Crippen LogP contribution is 2.45. The third-order valence-electron chi connectivity index (χ3n) is 5.47. The van der Waals surface area contributed by atoms with Gasteiger partial charge in [-0.3, -0.25) is 19.3 Å². The third-order valence-corrected chi connectivity index (χ3v) is 5.47. The number of rotatable bonds is 4. The molecule has 1 spiro atoms. The van der Waals surface area contributed by atoms with E-state index in [-0.39, 0.29) is 46.7 Å². The minimum absolute atomic E-state index is 0.0116. The molecule has 1 atom stereocenters. The van der Waals surface area contributed by atoms with Gasteiger partial charge in [-0.2, -0.15) is 0 Å². The van der Waals surface area contributed by atoms with E-state index in [9.17, 15) is 14.4 Å². The number of nitrogens with zero attached hydrogens (tertiary/aromatic N) is 1. The van der Waals surface area contributed by atoms with Crippen LogP contribution in [0.2, 0.25) is 0 Å². The van der Waals surface area contributed by atoms with Crippen LogP contribution in [-0.2, 0) is 19.1 Å². The number of imide groups is 1. The van der Waals surface area contributed by atoms with Crippen molar-refractivity contribution in [3.8, 4) is 0 Å². The van der Waals surface area contributed by atoms with E-state index < -0.39 is 0 Å². The Morgan fingerprint density at radius 3 is 2.12 bits per heavy atom. The second-order valence-electron chi connectivity index (χ2n) is 10.0. The first-order valence-electron chi connectivity index (χ1n) is 9.38. The number of amides is 2. The molecule has 0 bridgehead atoms. The van der Waals surface area contributed by atoms with Crippen LogP contribution in [0.15, 0.2) is 0 Å². The van der Waals surface area contributed by atoms with Crippen molar-refractivity contribution in [1.29, 1.82) is 0 Å². The summed E-state index contributed by atoms with van der Waals surface area (Å²) in [4.78, 5) is 38.4. The van der Waals surface area contributed by atoms with Gasteiger partial charge >= 0.3 is 5.97 Å². The predicted octanol–water partition coefficient (Wildman–Crippen LogP) is 3.70. The van der Waals surface area contributed by atoms with Crippen molar-refractivity contribution in [1.82, 2.24) is 4.90 Å². The molecule has 5 nitrogen and oxygen atoms in total. The molecule has 1 unspecified atom stereocenters. The summed E-state index contributed by atoms with van der Waals surface area (Å²) >= 11 is 0. The molecule has 0 aromatic carbocycles. The highest BCUT2D eigenvalue weighted by atomic mass is 16.5. The normalized spacial score (nSPS) is 21.2. The fourth-order valence-electron chi connectivity index (χ4n) is 4.10. The van der Waals surface area contributed by atoms with Crippen molar-refractivity contribution >= 4 is 17.8 Å². The van der Waals surface area contributed by atoms with E-state index in [1.807, 2.05) is 20.8 Å². The lowest BCUT2D eigenvalue weighted by molar-refractivity contribution is -0.174. The van der Waals surface area contributed by atoms with E-state index in [2.05, 4.69) is 20.8 Å². The molecular formula is C20H33NO4. The monoisotopic (exact) mass is 351 g/mol. The second kappa shape index (κ2) is 6.73. The van der Waals surface area contributed by atoms with Crippen molar-refractivity contribution in [3.05, 3.63) is 0 Å². The molecular weight excluding hydrogens is 318 g/mol. The van der Waals surface area contributed by atoms with Gasteiger partial charge in [-0.25, -0.2) is 0 Å². The van der Waals surface area contributed by atoms with Gasteiger partial charge in [0.2, 0.25) is 5.91 Å². The number of hydrogen-bond acceptors (Lipinski definition) is 4. The molecule has 0 N–H and O–H groups in total. The van der Waals surface area contributed by atoms with Gasteiger partial charge in [0.05, 0.1) is 17.9 Å². The number of carbonyl (C=O) groups excluding carboxylic acids is 3. The molecule has 1 saturated carbocycles. The van der Waals surface area contributed by atoms with Gasteiger partial charge < -0.3 is 4.74 Å². The summed E-state index contributed by atoms with van der Waals surface area (Å²) in [6.45, 7) is 12.0. The van der Waals surface area contributed by atoms with Gasteiger partial charge in [0.1, 0.15) is 0 Å². The number of carbonyl (C=O) groups is 3. The summed E-state index contributed by atoms with van der Waals surface area (Å²) in [7, 11) is 0. The van der Waals surface area contributed by atoms with E-state index in [4.69, 9.17) is 4.74 Å². The largest absolute Gasteiger partial charge is 0.455 e. The highest BCUT2D eigenvalue weighted by molar-refractivity contribution is 6.02. The van der Waals surface area contributed by atoms with E-state index >= 15 is 0 Å². The van der Waals surface area contributed by atoms with Crippen molar-refractivity contribution < 1.29 is 19.1 Å². The molecule has 2 fully saturated rings. The van der Waals surface area contributed by atoms with Crippen LogP contribution in [0.4, 0.5) is 0 Å². The molecule has 1 aliphatic heterocycles. The molecule has 142 valence electrons. The molecule has 0 aromatic heterocycles. The van der Waals surface area contributed by atoms with Crippen LogP contribution in [-0.4, -0.2) is 34.8 Å². The summed E-state index contributed by atoms with van der Waals surface area (Å²) < 4.78 is 5.36. The molecule has 0 aromatic rings. The molecule has 5 heteroatoms. The van der Waals surface area contributed by atoms with Crippen molar-refractivity contribution in [2.45, 2.75) is 85.6 Å². The number of β-lactam (4-membered cyclic amide) rings is 1. The van der Waals surface area contributed by atoms with Gasteiger partial charge in [-0.05, 0) is 30.1 Å². The van der Waals surface area contributed by atoms with Crippen LogP contribution in [0.25, 0.3) is 0 Å². The molecule has 2 aliphatic rings. The summed E-state index contributed by atoms with van der Waals surface area (Å²) in [5.74, 6) is -1.13. The maximum absolute atomic E-state index is 12.6. The first-order valence-corrected chi connectivity index (χ1v) is 9.38. The molecule has 1 saturated heterocycles. The van der Waals surface area contributed by atoms with Gasteiger partial charge in [-0.15, -0.1) is 0 Å². The maximum atomic E-state index is 12.6. The Morgan fingerprint density at radius 1 is 1.12 bits per heavy atom. The number of esters is 1. The van der Waals surface area contributed by atoms with Gasteiger partial charge in [0, 0.05) is 0 Å². The smallest absolute Gasteiger partial charge is 0.309 e. The van der Waals surface area contributed by atoms with Crippen LogP contribution in [0, 0.1) is 16.7 Å². The maximum Gasteiger partial charge on any atom is 0.309 e. The molecule has 2 rings (SSSR count). The Hall–Kier alpha value is -1.39. The zero-order chi connectivity index (χ0) is 19.0. The van der Waals surface area contributed by atoms with E-state index in [1.165, 1.54) is 4.90 Å². The molecule has 1 aliphatic carbocycles. The minimum Gasteiger partial charge on any atom is -0.455 e. The Balaban J connectivity index is 1.97. The summed E-state index contributed by atoms with van der Waals surface area (Å²) in [5, 5.41) is 0. The highest BCUT2D eigenvalue weighted by Gasteiger charge is 2.55. The summed E-state index contributed by atoms with van der Waals surface area (Å²) in [5.41, 5.74) is -0.537. The lowest BCUT2D eigenvalue weighted by atomic mass is 9.72. The van der Waals surface area contributed by atoms with Crippen LogP contribution < -0.4 is 0 Å². The molecule has 2 amide bonds.